The third kappa shape index (κ3) is 5.51. The highest BCUT2D eigenvalue weighted by molar-refractivity contribution is 7.17. The summed E-state index contributed by atoms with van der Waals surface area (Å²) in [5.41, 5.74) is 2.12. The van der Waals surface area contributed by atoms with E-state index in [0.717, 1.165) is 29.3 Å². The molecule has 0 unspecified atom stereocenters. The minimum absolute atomic E-state index is 0.120. The first kappa shape index (κ1) is 23.9. The molecular weight excluding hydrogens is 416 g/mol. The Labute approximate surface area is 195 Å². The Hall–Kier alpha value is -2.80. The van der Waals surface area contributed by atoms with E-state index in [4.69, 9.17) is 10.8 Å². The number of aromatic nitrogens is 1. The highest BCUT2D eigenvalue weighted by Gasteiger charge is 2.32. The summed E-state index contributed by atoms with van der Waals surface area (Å²) in [7, 11) is 0. The van der Waals surface area contributed by atoms with Gasteiger partial charge in [-0.25, -0.2) is 0 Å². The number of nitrogens with one attached hydrogen (secondary N) is 2. The summed E-state index contributed by atoms with van der Waals surface area (Å²) < 4.78 is 0. The van der Waals surface area contributed by atoms with Crippen LogP contribution in [0.2, 0.25) is 0 Å². The van der Waals surface area contributed by atoms with E-state index in [1.165, 1.54) is 35.7 Å². The molecule has 0 amide bonds. The SMILES string of the molecule is CCCCN(CCCC)c1ccc(/C=C2\C(=N)N(C(=N)c3ccccn3)N=C2C(C)C)s1. The topological polar surface area (TPSA) is 79.4 Å². The van der Waals surface area contributed by atoms with Crippen molar-refractivity contribution in [3.63, 3.8) is 0 Å². The van der Waals surface area contributed by atoms with E-state index in [2.05, 4.69) is 60.9 Å². The van der Waals surface area contributed by atoms with Crippen LogP contribution in [-0.4, -0.2) is 40.5 Å². The Balaban J connectivity index is 1.86. The normalized spacial score (nSPS) is 15.0. The Morgan fingerprint density at radius 1 is 1.12 bits per heavy atom. The van der Waals surface area contributed by atoms with Crippen LogP contribution in [0.15, 0.2) is 47.2 Å². The van der Waals surface area contributed by atoms with Crippen molar-refractivity contribution in [2.75, 3.05) is 18.0 Å². The van der Waals surface area contributed by atoms with Gasteiger partial charge in [-0.05, 0) is 49.1 Å². The zero-order chi connectivity index (χ0) is 23.1. The van der Waals surface area contributed by atoms with Crippen LogP contribution in [0.25, 0.3) is 6.08 Å². The van der Waals surface area contributed by atoms with E-state index in [0.29, 0.717) is 5.69 Å². The number of amidine groups is 2. The van der Waals surface area contributed by atoms with Gasteiger partial charge in [-0.1, -0.05) is 46.6 Å². The lowest BCUT2D eigenvalue weighted by molar-refractivity contribution is 0.658. The van der Waals surface area contributed by atoms with E-state index in [1.807, 2.05) is 12.1 Å². The summed E-state index contributed by atoms with van der Waals surface area (Å²) in [4.78, 5) is 7.85. The van der Waals surface area contributed by atoms with Crippen molar-refractivity contribution in [1.29, 1.82) is 10.8 Å². The van der Waals surface area contributed by atoms with Crippen LogP contribution in [0.4, 0.5) is 5.00 Å². The number of hydrogen-bond donors (Lipinski definition) is 2. The average molecular weight is 451 g/mol. The number of thiophene rings is 1. The van der Waals surface area contributed by atoms with Crippen molar-refractivity contribution in [2.45, 2.75) is 53.4 Å². The van der Waals surface area contributed by atoms with Gasteiger partial charge in [0.05, 0.1) is 10.7 Å². The van der Waals surface area contributed by atoms with Crippen molar-refractivity contribution in [3.05, 3.63) is 52.7 Å². The molecule has 0 saturated carbocycles. The molecule has 2 N–H and O–H groups in total. The first-order chi connectivity index (χ1) is 15.5. The molecule has 7 heteroatoms. The lowest BCUT2D eigenvalue weighted by Crippen LogP contribution is -2.29. The Morgan fingerprint density at radius 3 is 2.44 bits per heavy atom. The minimum atomic E-state index is 0.120. The van der Waals surface area contributed by atoms with Gasteiger partial charge < -0.3 is 4.90 Å². The number of nitrogens with zero attached hydrogens (tertiary/aromatic N) is 4. The van der Waals surface area contributed by atoms with E-state index >= 15 is 0 Å². The van der Waals surface area contributed by atoms with Gasteiger partial charge in [0.15, 0.2) is 11.7 Å². The molecule has 0 aliphatic carbocycles. The zero-order valence-corrected chi connectivity index (χ0v) is 20.4. The third-order valence-corrected chi connectivity index (χ3v) is 6.48. The standard InChI is InChI=1S/C25H34N6S/c1-5-7-15-30(16-8-6-2)22-13-12-19(32-22)17-20-23(18(3)4)29-31(24(20)26)25(27)21-11-9-10-14-28-21/h9-14,17-18,26-27H,5-8,15-16H2,1-4H3/b20-17-,26-24?,27-25?. The van der Waals surface area contributed by atoms with Gasteiger partial charge in [0.25, 0.3) is 0 Å². The quantitative estimate of drug-likeness (QED) is 0.331. The van der Waals surface area contributed by atoms with E-state index < -0.39 is 0 Å². The van der Waals surface area contributed by atoms with Crippen molar-refractivity contribution < 1.29 is 0 Å². The molecule has 0 fully saturated rings. The smallest absolute Gasteiger partial charge is 0.174 e. The van der Waals surface area contributed by atoms with Crippen molar-refractivity contribution in [2.24, 2.45) is 11.0 Å². The molecule has 170 valence electrons. The molecule has 0 atom stereocenters. The summed E-state index contributed by atoms with van der Waals surface area (Å²) in [6.07, 6.45) is 8.47. The largest absolute Gasteiger partial charge is 0.363 e. The van der Waals surface area contributed by atoms with Gasteiger partial charge in [0, 0.05) is 29.7 Å². The second-order valence-corrected chi connectivity index (χ2v) is 9.39. The number of hydrogen-bond acceptors (Lipinski definition) is 6. The first-order valence-corrected chi connectivity index (χ1v) is 12.3. The lowest BCUT2D eigenvalue weighted by Gasteiger charge is -2.22. The maximum Gasteiger partial charge on any atom is 0.174 e. The summed E-state index contributed by atoms with van der Waals surface area (Å²) in [5, 5.41) is 24.6. The molecule has 32 heavy (non-hydrogen) atoms. The Bertz CT molecular complexity index is 981. The molecule has 0 bridgehead atoms. The maximum absolute atomic E-state index is 8.76. The molecule has 1 aliphatic rings. The number of pyridine rings is 1. The Morgan fingerprint density at radius 2 is 1.84 bits per heavy atom. The fourth-order valence-electron chi connectivity index (χ4n) is 3.55. The van der Waals surface area contributed by atoms with Crippen LogP contribution in [-0.2, 0) is 0 Å². The fourth-order valence-corrected chi connectivity index (χ4v) is 4.55. The molecule has 6 nitrogen and oxygen atoms in total. The molecule has 2 aromatic heterocycles. The van der Waals surface area contributed by atoms with Crippen LogP contribution in [0.1, 0.15) is 63.9 Å². The van der Waals surface area contributed by atoms with Gasteiger partial charge >= 0.3 is 0 Å². The zero-order valence-electron chi connectivity index (χ0n) is 19.6. The predicted octanol–water partition coefficient (Wildman–Crippen LogP) is 6.26. The summed E-state index contributed by atoms with van der Waals surface area (Å²) in [6.45, 7) is 10.8. The van der Waals surface area contributed by atoms with Gasteiger partial charge in [-0.2, -0.15) is 10.1 Å². The van der Waals surface area contributed by atoms with Crippen LogP contribution in [0, 0.1) is 16.7 Å². The van der Waals surface area contributed by atoms with E-state index in [1.54, 1.807) is 23.6 Å². The van der Waals surface area contributed by atoms with Gasteiger partial charge in [-0.3, -0.25) is 15.8 Å². The second-order valence-electron chi connectivity index (χ2n) is 8.29. The molecule has 0 aromatic carbocycles. The molecule has 0 saturated heterocycles. The van der Waals surface area contributed by atoms with Crippen molar-refractivity contribution in [3.8, 4) is 0 Å². The molecule has 2 aromatic rings. The summed E-state index contributed by atoms with van der Waals surface area (Å²) in [5.74, 6) is 0.496. The lowest BCUT2D eigenvalue weighted by atomic mass is 9.99. The van der Waals surface area contributed by atoms with Crippen LogP contribution in [0.5, 0.6) is 0 Å². The molecule has 3 rings (SSSR count). The summed E-state index contributed by atoms with van der Waals surface area (Å²) >= 11 is 1.76. The van der Waals surface area contributed by atoms with Gasteiger partial charge in [0.2, 0.25) is 0 Å². The number of unbranched alkanes of at least 4 members (excludes halogenated alkanes) is 2. The Kier molecular flexibility index (Phi) is 8.33. The average Bonchev–Trinajstić information content (AvgIpc) is 3.39. The second kappa shape index (κ2) is 11.2. The first-order valence-electron chi connectivity index (χ1n) is 11.5. The number of rotatable bonds is 10. The monoisotopic (exact) mass is 450 g/mol. The highest BCUT2D eigenvalue weighted by Crippen LogP contribution is 2.31. The molecular formula is C25H34N6S. The highest BCUT2D eigenvalue weighted by atomic mass is 32.1. The van der Waals surface area contributed by atoms with Gasteiger partial charge in [0.1, 0.15) is 5.69 Å². The number of anilines is 1. The van der Waals surface area contributed by atoms with Crippen LogP contribution < -0.4 is 4.90 Å². The molecule has 1 aliphatic heterocycles. The molecule has 3 heterocycles. The number of hydrazone groups is 1. The van der Waals surface area contributed by atoms with Gasteiger partial charge in [-0.15, -0.1) is 11.3 Å². The van der Waals surface area contributed by atoms with Crippen LogP contribution in [0.3, 0.4) is 0 Å². The van der Waals surface area contributed by atoms with Crippen LogP contribution >= 0.6 is 11.3 Å². The van der Waals surface area contributed by atoms with E-state index in [9.17, 15) is 0 Å². The van der Waals surface area contributed by atoms with E-state index in [-0.39, 0.29) is 17.6 Å². The minimum Gasteiger partial charge on any atom is -0.363 e. The molecule has 0 spiro atoms. The molecule has 0 radical (unpaired) electrons. The predicted molar refractivity (Wildman–Crippen MR) is 137 cm³/mol. The van der Waals surface area contributed by atoms with Crippen molar-refractivity contribution in [1.82, 2.24) is 9.99 Å². The van der Waals surface area contributed by atoms with Crippen molar-refractivity contribution >= 4 is 39.8 Å². The summed E-state index contributed by atoms with van der Waals surface area (Å²) in [6, 6.07) is 9.76. The third-order valence-electron chi connectivity index (χ3n) is 5.39. The fraction of sp³-hybridized carbons (Fsp3) is 0.440. The maximum atomic E-state index is 8.76.